The van der Waals surface area contributed by atoms with Gasteiger partial charge in [-0.05, 0) is 49.6 Å². The molecule has 2 aromatic rings. The molecule has 1 N–H and O–H groups in total. The first-order valence-corrected chi connectivity index (χ1v) is 8.89. The Morgan fingerprint density at radius 1 is 1.00 bits per heavy atom. The van der Waals surface area contributed by atoms with Crippen LogP contribution in [-0.2, 0) is 11.2 Å². The molecule has 0 aromatic heterocycles. The molecule has 3 rings (SSSR count). The SMILES string of the molecule is COc1cc(/C=C2/N=C(CCc3ccc(C)cc3)NC2=O)c(OC)cc1C. The van der Waals surface area contributed by atoms with Crippen LogP contribution < -0.4 is 14.8 Å². The fourth-order valence-electron chi connectivity index (χ4n) is 2.99. The van der Waals surface area contributed by atoms with Crippen molar-refractivity contribution in [2.45, 2.75) is 26.7 Å². The van der Waals surface area contributed by atoms with Crippen LogP contribution in [0.5, 0.6) is 11.5 Å². The second-order valence-electron chi connectivity index (χ2n) is 6.59. The Bertz CT molecular complexity index is 912. The molecule has 140 valence electrons. The van der Waals surface area contributed by atoms with Crippen LogP contribution in [0.1, 0.15) is 28.7 Å². The lowest BCUT2D eigenvalue weighted by Gasteiger charge is -2.10. The monoisotopic (exact) mass is 364 g/mol. The summed E-state index contributed by atoms with van der Waals surface area (Å²) in [6.45, 7) is 4.01. The third-order valence-electron chi connectivity index (χ3n) is 4.56. The molecule has 2 aromatic carbocycles. The summed E-state index contributed by atoms with van der Waals surface area (Å²) in [4.78, 5) is 16.8. The first-order chi connectivity index (χ1) is 13.0. The summed E-state index contributed by atoms with van der Waals surface area (Å²) in [6.07, 6.45) is 3.24. The second kappa shape index (κ2) is 8.08. The lowest BCUT2D eigenvalue weighted by molar-refractivity contribution is -0.115. The predicted octanol–water partition coefficient (Wildman–Crippen LogP) is 3.82. The molecular weight excluding hydrogens is 340 g/mol. The highest BCUT2D eigenvalue weighted by atomic mass is 16.5. The number of carbonyl (C=O) groups is 1. The first-order valence-electron chi connectivity index (χ1n) is 8.89. The van der Waals surface area contributed by atoms with Crippen molar-refractivity contribution in [3.8, 4) is 11.5 Å². The zero-order valence-electron chi connectivity index (χ0n) is 16.1. The molecule has 0 aliphatic carbocycles. The van der Waals surface area contributed by atoms with Crippen LogP contribution in [0, 0.1) is 13.8 Å². The van der Waals surface area contributed by atoms with Gasteiger partial charge in [0, 0.05) is 12.0 Å². The van der Waals surface area contributed by atoms with E-state index in [1.165, 1.54) is 11.1 Å². The van der Waals surface area contributed by atoms with Gasteiger partial charge in [0.05, 0.1) is 14.2 Å². The zero-order chi connectivity index (χ0) is 19.4. The number of aryl methyl sites for hydroxylation is 3. The van der Waals surface area contributed by atoms with Crippen LogP contribution in [0.4, 0.5) is 0 Å². The molecule has 0 saturated carbocycles. The van der Waals surface area contributed by atoms with Crippen molar-refractivity contribution in [1.29, 1.82) is 0 Å². The van der Waals surface area contributed by atoms with Crippen LogP contribution in [0.15, 0.2) is 47.1 Å². The van der Waals surface area contributed by atoms with E-state index in [1.54, 1.807) is 20.3 Å². The molecule has 1 heterocycles. The summed E-state index contributed by atoms with van der Waals surface area (Å²) in [5.41, 5.74) is 4.55. The van der Waals surface area contributed by atoms with Gasteiger partial charge >= 0.3 is 0 Å². The molecule has 27 heavy (non-hydrogen) atoms. The van der Waals surface area contributed by atoms with Gasteiger partial charge in [0.15, 0.2) is 0 Å². The number of benzene rings is 2. The number of rotatable bonds is 6. The Kier molecular flexibility index (Phi) is 5.60. The van der Waals surface area contributed by atoms with Crippen LogP contribution in [-0.4, -0.2) is 26.0 Å². The molecule has 0 bridgehead atoms. The Labute approximate surface area is 159 Å². The molecule has 0 saturated heterocycles. The molecular formula is C22H24N2O3. The number of nitrogens with one attached hydrogen (secondary N) is 1. The Morgan fingerprint density at radius 2 is 1.70 bits per heavy atom. The number of aliphatic imine (C=N–C) groups is 1. The number of carbonyl (C=O) groups excluding carboxylic acids is 1. The highest BCUT2D eigenvalue weighted by Crippen LogP contribution is 2.30. The summed E-state index contributed by atoms with van der Waals surface area (Å²) >= 11 is 0. The van der Waals surface area contributed by atoms with Crippen LogP contribution in [0.2, 0.25) is 0 Å². The number of nitrogens with zero attached hydrogens (tertiary/aromatic N) is 1. The minimum Gasteiger partial charge on any atom is -0.496 e. The van der Waals surface area contributed by atoms with Gasteiger partial charge in [-0.15, -0.1) is 0 Å². The van der Waals surface area contributed by atoms with Gasteiger partial charge in [-0.1, -0.05) is 29.8 Å². The number of amides is 1. The Balaban J connectivity index is 1.80. The highest BCUT2D eigenvalue weighted by Gasteiger charge is 2.20. The van der Waals surface area contributed by atoms with E-state index < -0.39 is 0 Å². The predicted molar refractivity (Wildman–Crippen MR) is 107 cm³/mol. The average Bonchev–Trinajstić information content (AvgIpc) is 3.01. The smallest absolute Gasteiger partial charge is 0.275 e. The minimum absolute atomic E-state index is 0.199. The molecule has 1 aliphatic rings. The average molecular weight is 364 g/mol. The summed E-state index contributed by atoms with van der Waals surface area (Å²) < 4.78 is 10.8. The molecule has 1 amide bonds. The molecule has 0 fully saturated rings. The van der Waals surface area contributed by atoms with Crippen LogP contribution in [0.25, 0.3) is 6.08 Å². The number of ether oxygens (including phenoxy) is 2. The van der Waals surface area contributed by atoms with Gasteiger partial charge in [-0.25, -0.2) is 4.99 Å². The van der Waals surface area contributed by atoms with Gasteiger partial charge in [-0.3, -0.25) is 4.79 Å². The van der Waals surface area contributed by atoms with E-state index in [2.05, 4.69) is 41.5 Å². The quantitative estimate of drug-likeness (QED) is 0.793. The lowest BCUT2D eigenvalue weighted by Crippen LogP contribution is -2.24. The summed E-state index contributed by atoms with van der Waals surface area (Å²) in [5, 5.41) is 2.85. The maximum atomic E-state index is 12.3. The zero-order valence-corrected chi connectivity index (χ0v) is 16.1. The largest absolute Gasteiger partial charge is 0.496 e. The highest BCUT2D eigenvalue weighted by molar-refractivity contribution is 6.14. The lowest BCUT2D eigenvalue weighted by atomic mass is 10.1. The fraction of sp³-hybridized carbons (Fsp3) is 0.273. The van der Waals surface area contributed by atoms with E-state index in [1.807, 2.05) is 19.1 Å². The van der Waals surface area contributed by atoms with Gasteiger partial charge in [-0.2, -0.15) is 0 Å². The van der Waals surface area contributed by atoms with Crippen molar-refractivity contribution in [3.05, 3.63) is 64.3 Å². The molecule has 0 atom stereocenters. The van der Waals surface area contributed by atoms with Crippen molar-refractivity contribution in [1.82, 2.24) is 5.32 Å². The number of hydrogen-bond donors (Lipinski definition) is 1. The standard InChI is InChI=1S/C22H24N2O3/c1-14-5-7-16(8-6-14)9-10-21-23-18(22(25)24-21)12-17-13-19(26-3)15(2)11-20(17)27-4/h5-8,11-13H,9-10H2,1-4H3,(H,23,24,25)/b18-12+. The number of amidine groups is 1. The minimum atomic E-state index is -0.199. The molecule has 5 heteroatoms. The first kappa shape index (κ1) is 18.7. The number of methoxy groups -OCH3 is 2. The fourth-order valence-corrected chi connectivity index (χ4v) is 2.99. The van der Waals surface area contributed by atoms with Gasteiger partial charge in [0.25, 0.3) is 5.91 Å². The maximum Gasteiger partial charge on any atom is 0.275 e. The topological polar surface area (TPSA) is 59.9 Å². The van der Waals surface area contributed by atoms with E-state index in [0.29, 0.717) is 23.7 Å². The second-order valence-corrected chi connectivity index (χ2v) is 6.59. The van der Waals surface area contributed by atoms with Crippen LogP contribution >= 0.6 is 0 Å². The number of hydrogen-bond acceptors (Lipinski definition) is 4. The maximum absolute atomic E-state index is 12.3. The molecule has 0 unspecified atom stereocenters. The van der Waals surface area contributed by atoms with E-state index in [-0.39, 0.29) is 5.91 Å². The van der Waals surface area contributed by atoms with E-state index in [0.717, 1.165) is 23.3 Å². The van der Waals surface area contributed by atoms with Crippen molar-refractivity contribution >= 4 is 17.8 Å². The van der Waals surface area contributed by atoms with Crippen molar-refractivity contribution < 1.29 is 14.3 Å². The van der Waals surface area contributed by atoms with E-state index >= 15 is 0 Å². The van der Waals surface area contributed by atoms with E-state index in [4.69, 9.17) is 9.47 Å². The van der Waals surface area contributed by atoms with Crippen molar-refractivity contribution in [2.24, 2.45) is 4.99 Å². The van der Waals surface area contributed by atoms with Gasteiger partial charge in [0.2, 0.25) is 0 Å². The third-order valence-corrected chi connectivity index (χ3v) is 4.56. The van der Waals surface area contributed by atoms with Gasteiger partial charge < -0.3 is 14.8 Å². The molecule has 1 aliphatic heterocycles. The molecule has 0 spiro atoms. The summed E-state index contributed by atoms with van der Waals surface area (Å²) in [6, 6.07) is 12.1. The van der Waals surface area contributed by atoms with Crippen LogP contribution in [0.3, 0.4) is 0 Å². The van der Waals surface area contributed by atoms with Crippen molar-refractivity contribution in [3.63, 3.8) is 0 Å². The third kappa shape index (κ3) is 4.37. The summed E-state index contributed by atoms with van der Waals surface area (Å²) in [5.74, 6) is 1.90. The van der Waals surface area contributed by atoms with Crippen molar-refractivity contribution in [2.75, 3.05) is 14.2 Å². The Hall–Kier alpha value is -3.08. The van der Waals surface area contributed by atoms with Gasteiger partial charge in [0.1, 0.15) is 23.0 Å². The molecule has 5 nitrogen and oxygen atoms in total. The Morgan fingerprint density at radius 3 is 2.37 bits per heavy atom. The summed E-state index contributed by atoms with van der Waals surface area (Å²) in [7, 11) is 3.23. The van der Waals surface area contributed by atoms with E-state index in [9.17, 15) is 4.79 Å². The molecule has 0 radical (unpaired) electrons. The normalized spacial score (nSPS) is 14.9.